The third kappa shape index (κ3) is 3.07. The van der Waals surface area contributed by atoms with Crippen LogP contribution in [-0.4, -0.2) is 17.1 Å². The number of nitrogens with one attached hydrogen (secondary N) is 1. The van der Waals surface area contributed by atoms with Crippen LogP contribution in [0.15, 0.2) is 28.8 Å². The second-order valence-corrected chi connectivity index (χ2v) is 5.37. The van der Waals surface area contributed by atoms with E-state index in [4.69, 9.17) is 9.26 Å². The molecule has 0 spiro atoms. The number of aromatic nitrogens is 1. The van der Waals surface area contributed by atoms with E-state index in [9.17, 15) is 4.79 Å². The lowest BCUT2D eigenvalue weighted by Crippen LogP contribution is -2.26. The van der Waals surface area contributed by atoms with Crippen LogP contribution >= 0.6 is 0 Å². The number of carbonyl (C=O) groups excluding carboxylic acids is 1. The van der Waals surface area contributed by atoms with E-state index < -0.39 is 0 Å². The van der Waals surface area contributed by atoms with Crippen molar-refractivity contribution < 1.29 is 14.1 Å². The van der Waals surface area contributed by atoms with Gasteiger partial charge in [-0.2, -0.15) is 0 Å². The summed E-state index contributed by atoms with van der Waals surface area (Å²) in [6.07, 6.45) is 2.08. The Morgan fingerprint density at radius 1 is 1.38 bits per heavy atom. The number of ether oxygens (including phenoxy) is 1. The quantitative estimate of drug-likeness (QED) is 0.918. The minimum Gasteiger partial charge on any atom is -0.488 e. The summed E-state index contributed by atoms with van der Waals surface area (Å²) in [5, 5.41) is 6.78. The van der Waals surface area contributed by atoms with Crippen molar-refractivity contribution in [2.45, 2.75) is 39.3 Å². The fraction of sp³-hybridized carbons (Fsp3) is 0.375. The fourth-order valence-corrected chi connectivity index (χ4v) is 2.09. The average Bonchev–Trinajstić information content (AvgIpc) is 3.20. The van der Waals surface area contributed by atoms with E-state index in [1.165, 1.54) is 0 Å². The van der Waals surface area contributed by atoms with Gasteiger partial charge in [0.15, 0.2) is 5.69 Å². The van der Waals surface area contributed by atoms with E-state index in [1.807, 2.05) is 31.2 Å². The molecule has 1 N–H and O–H groups in total. The van der Waals surface area contributed by atoms with E-state index >= 15 is 0 Å². The first-order chi connectivity index (χ1) is 10.1. The predicted molar refractivity (Wildman–Crippen MR) is 77.2 cm³/mol. The van der Waals surface area contributed by atoms with Gasteiger partial charge in [0.05, 0.1) is 5.56 Å². The molecule has 110 valence electrons. The maximum Gasteiger partial charge on any atom is 0.274 e. The van der Waals surface area contributed by atoms with Crippen LogP contribution in [0.2, 0.25) is 0 Å². The summed E-state index contributed by atoms with van der Waals surface area (Å²) in [5.74, 6) is 1.23. The zero-order valence-corrected chi connectivity index (χ0v) is 12.2. The Hall–Kier alpha value is -2.30. The Kier molecular flexibility index (Phi) is 3.64. The molecule has 2 aromatic rings. The summed E-state index contributed by atoms with van der Waals surface area (Å²) in [6, 6.07) is 8.06. The van der Waals surface area contributed by atoms with Gasteiger partial charge in [-0.15, -0.1) is 0 Å². The van der Waals surface area contributed by atoms with Crippen LogP contribution in [-0.2, 0) is 6.61 Å². The maximum atomic E-state index is 12.1. The van der Waals surface area contributed by atoms with Crippen LogP contribution in [0.25, 0.3) is 0 Å². The van der Waals surface area contributed by atoms with Crippen LogP contribution < -0.4 is 10.1 Å². The molecule has 1 heterocycles. The third-order valence-electron chi connectivity index (χ3n) is 3.58. The Balaban J connectivity index is 1.74. The van der Waals surface area contributed by atoms with Crippen molar-refractivity contribution >= 4 is 5.91 Å². The molecule has 5 heteroatoms. The lowest BCUT2D eigenvalue weighted by molar-refractivity contribution is 0.0940. The summed E-state index contributed by atoms with van der Waals surface area (Å²) >= 11 is 0. The largest absolute Gasteiger partial charge is 0.488 e. The van der Waals surface area contributed by atoms with Gasteiger partial charge < -0.3 is 14.6 Å². The number of benzene rings is 1. The molecule has 0 radical (unpaired) electrons. The van der Waals surface area contributed by atoms with Crippen molar-refractivity contribution in [2.75, 3.05) is 0 Å². The first kappa shape index (κ1) is 13.7. The summed E-state index contributed by atoms with van der Waals surface area (Å²) in [5.41, 5.74) is 2.08. The van der Waals surface area contributed by atoms with Gasteiger partial charge >= 0.3 is 0 Å². The van der Waals surface area contributed by atoms with E-state index in [0.717, 1.165) is 24.2 Å². The second-order valence-electron chi connectivity index (χ2n) is 5.37. The smallest absolute Gasteiger partial charge is 0.274 e. The summed E-state index contributed by atoms with van der Waals surface area (Å²) in [4.78, 5) is 12.1. The van der Waals surface area contributed by atoms with Crippen molar-refractivity contribution in [1.29, 1.82) is 0 Å². The molecule has 0 unspecified atom stereocenters. The number of amides is 1. The van der Waals surface area contributed by atoms with Crippen molar-refractivity contribution in [3.05, 3.63) is 46.8 Å². The van der Waals surface area contributed by atoms with Crippen molar-refractivity contribution in [1.82, 2.24) is 10.5 Å². The molecule has 1 aromatic heterocycles. The second kappa shape index (κ2) is 5.60. The van der Waals surface area contributed by atoms with Crippen LogP contribution in [0.3, 0.4) is 0 Å². The molecule has 3 rings (SSSR count). The molecule has 0 aliphatic heterocycles. The highest BCUT2D eigenvalue weighted by Crippen LogP contribution is 2.23. The van der Waals surface area contributed by atoms with Gasteiger partial charge in [-0.3, -0.25) is 4.79 Å². The van der Waals surface area contributed by atoms with Gasteiger partial charge in [-0.25, -0.2) is 0 Å². The van der Waals surface area contributed by atoms with Crippen LogP contribution in [0.5, 0.6) is 5.75 Å². The first-order valence-corrected chi connectivity index (χ1v) is 7.09. The zero-order chi connectivity index (χ0) is 14.8. The van der Waals surface area contributed by atoms with Gasteiger partial charge in [0.1, 0.15) is 18.1 Å². The van der Waals surface area contributed by atoms with Crippen molar-refractivity contribution in [3.63, 3.8) is 0 Å². The SMILES string of the molecule is Cc1ccccc1OCc1c(C(=O)NC2CC2)noc1C. The Bertz CT molecular complexity index is 659. The molecule has 1 aliphatic carbocycles. The third-order valence-corrected chi connectivity index (χ3v) is 3.58. The van der Waals surface area contributed by atoms with Crippen molar-refractivity contribution in [3.8, 4) is 5.75 Å². The Labute approximate surface area is 123 Å². The summed E-state index contributed by atoms with van der Waals surface area (Å²) < 4.78 is 10.9. The molecule has 1 aliphatic rings. The minimum atomic E-state index is -0.183. The Morgan fingerprint density at radius 2 is 2.14 bits per heavy atom. The normalized spacial score (nSPS) is 14.0. The van der Waals surface area contributed by atoms with Crippen LogP contribution in [0.4, 0.5) is 0 Å². The number of hydrogen-bond donors (Lipinski definition) is 1. The lowest BCUT2D eigenvalue weighted by atomic mass is 10.2. The standard InChI is InChI=1S/C16H18N2O3/c1-10-5-3-4-6-14(10)20-9-13-11(2)21-18-15(13)16(19)17-12-7-8-12/h3-6,12H,7-9H2,1-2H3,(H,17,19). The number of hydrogen-bond acceptors (Lipinski definition) is 4. The molecular formula is C16H18N2O3. The zero-order valence-electron chi connectivity index (χ0n) is 12.2. The van der Waals surface area contributed by atoms with Gasteiger partial charge in [0.25, 0.3) is 5.91 Å². The molecule has 1 saturated carbocycles. The van der Waals surface area contributed by atoms with Crippen LogP contribution in [0, 0.1) is 13.8 Å². The molecular weight excluding hydrogens is 268 g/mol. The van der Waals surface area contributed by atoms with Gasteiger partial charge in [0, 0.05) is 6.04 Å². The van der Waals surface area contributed by atoms with E-state index in [2.05, 4.69) is 10.5 Å². The van der Waals surface area contributed by atoms with Gasteiger partial charge in [-0.1, -0.05) is 23.4 Å². The van der Waals surface area contributed by atoms with Gasteiger partial charge in [0.2, 0.25) is 0 Å². The highest BCUT2D eigenvalue weighted by Gasteiger charge is 2.27. The van der Waals surface area contributed by atoms with Crippen LogP contribution in [0.1, 0.15) is 40.2 Å². The molecule has 1 aromatic carbocycles. The van der Waals surface area contributed by atoms with Crippen molar-refractivity contribution in [2.24, 2.45) is 0 Å². The molecule has 0 saturated heterocycles. The highest BCUT2D eigenvalue weighted by molar-refractivity contribution is 5.94. The highest BCUT2D eigenvalue weighted by atomic mass is 16.5. The Morgan fingerprint density at radius 3 is 2.86 bits per heavy atom. The van der Waals surface area contributed by atoms with E-state index in [1.54, 1.807) is 6.92 Å². The fourth-order valence-electron chi connectivity index (χ4n) is 2.09. The molecule has 0 atom stereocenters. The average molecular weight is 286 g/mol. The number of para-hydroxylation sites is 1. The first-order valence-electron chi connectivity index (χ1n) is 7.09. The molecule has 5 nitrogen and oxygen atoms in total. The van der Waals surface area contributed by atoms with E-state index in [-0.39, 0.29) is 12.5 Å². The summed E-state index contributed by atoms with van der Waals surface area (Å²) in [6.45, 7) is 4.04. The molecule has 1 fully saturated rings. The summed E-state index contributed by atoms with van der Waals surface area (Å²) in [7, 11) is 0. The maximum absolute atomic E-state index is 12.1. The number of carbonyl (C=O) groups is 1. The van der Waals surface area contributed by atoms with Gasteiger partial charge in [-0.05, 0) is 38.3 Å². The number of nitrogens with zero attached hydrogens (tertiary/aromatic N) is 1. The lowest BCUT2D eigenvalue weighted by Gasteiger charge is -2.09. The molecule has 21 heavy (non-hydrogen) atoms. The molecule has 0 bridgehead atoms. The molecule has 1 amide bonds. The monoisotopic (exact) mass is 286 g/mol. The van der Waals surface area contributed by atoms with E-state index in [0.29, 0.717) is 23.1 Å². The number of aryl methyl sites for hydroxylation is 2. The minimum absolute atomic E-state index is 0.183. The topological polar surface area (TPSA) is 64.4 Å². The predicted octanol–water partition coefficient (Wildman–Crippen LogP) is 2.76. The number of rotatable bonds is 5.